The first-order chi connectivity index (χ1) is 11.1. The van der Waals surface area contributed by atoms with Gasteiger partial charge in [0.2, 0.25) is 5.91 Å². The molecule has 0 heterocycles. The Morgan fingerprint density at radius 1 is 1.12 bits per heavy atom. The normalized spacial score (nSPS) is 11.3. The number of carbonyl (C=O) groups is 1. The summed E-state index contributed by atoms with van der Waals surface area (Å²) in [6.07, 6.45) is 1.07. The minimum absolute atomic E-state index is 0. The van der Waals surface area contributed by atoms with E-state index in [1.807, 2.05) is 61.6 Å². The molecule has 0 saturated carbocycles. The lowest BCUT2D eigenvalue weighted by Crippen LogP contribution is -2.31. The number of nitrogens with two attached hydrogens (primary N) is 1. The number of ether oxygens (including phenoxy) is 1. The number of halogens is 1. The predicted molar refractivity (Wildman–Crippen MR) is 99.6 cm³/mol. The molecule has 0 aliphatic heterocycles. The standard InChI is InChI=1S/C19H24N2O2.ClH/c1-21(13-12-16-10-6-7-11-18(16)23-2)19(22)14-17(20)15-8-4-3-5-9-15;/h3-11,17H,12-14,20H2,1-2H3;1H. The highest BCUT2D eigenvalue weighted by atomic mass is 35.5. The van der Waals surface area contributed by atoms with Crippen molar-refractivity contribution in [3.05, 3.63) is 65.7 Å². The highest BCUT2D eigenvalue weighted by Gasteiger charge is 2.15. The van der Waals surface area contributed by atoms with E-state index < -0.39 is 0 Å². The molecule has 0 saturated heterocycles. The molecule has 4 nitrogen and oxygen atoms in total. The van der Waals surface area contributed by atoms with Crippen LogP contribution in [0.1, 0.15) is 23.6 Å². The SMILES string of the molecule is COc1ccccc1CCN(C)C(=O)CC(N)c1ccccc1.Cl. The Bertz CT molecular complexity index is 634. The third-order valence-corrected chi connectivity index (χ3v) is 3.96. The van der Waals surface area contributed by atoms with Crippen LogP contribution in [0.2, 0.25) is 0 Å². The first kappa shape index (κ1) is 20.0. The topological polar surface area (TPSA) is 55.6 Å². The summed E-state index contributed by atoms with van der Waals surface area (Å²) in [4.78, 5) is 14.0. The maximum absolute atomic E-state index is 12.3. The molecule has 0 aliphatic carbocycles. The molecule has 1 atom stereocenters. The number of benzene rings is 2. The number of para-hydroxylation sites is 1. The van der Waals surface area contributed by atoms with Gasteiger partial charge in [-0.15, -0.1) is 12.4 Å². The molecule has 0 aliphatic rings. The van der Waals surface area contributed by atoms with Crippen LogP contribution in [0.25, 0.3) is 0 Å². The lowest BCUT2D eigenvalue weighted by Gasteiger charge is -2.20. The molecule has 0 spiro atoms. The fourth-order valence-corrected chi connectivity index (χ4v) is 2.48. The Kier molecular flexibility index (Phi) is 8.30. The van der Waals surface area contributed by atoms with Gasteiger partial charge in [-0.2, -0.15) is 0 Å². The molecule has 24 heavy (non-hydrogen) atoms. The molecular weight excluding hydrogens is 324 g/mol. The van der Waals surface area contributed by atoms with Crippen molar-refractivity contribution in [1.29, 1.82) is 0 Å². The van der Waals surface area contributed by atoms with Crippen LogP contribution in [0, 0.1) is 0 Å². The number of hydrogen-bond donors (Lipinski definition) is 1. The van der Waals surface area contributed by atoms with Gasteiger partial charge in [0.1, 0.15) is 5.75 Å². The van der Waals surface area contributed by atoms with Crippen LogP contribution in [-0.4, -0.2) is 31.5 Å². The van der Waals surface area contributed by atoms with Gasteiger partial charge in [-0.3, -0.25) is 4.79 Å². The Morgan fingerprint density at radius 3 is 2.42 bits per heavy atom. The number of amides is 1. The molecule has 2 aromatic carbocycles. The number of methoxy groups -OCH3 is 1. The number of hydrogen-bond acceptors (Lipinski definition) is 3. The third-order valence-electron chi connectivity index (χ3n) is 3.96. The van der Waals surface area contributed by atoms with Crippen LogP contribution in [0.3, 0.4) is 0 Å². The number of carbonyl (C=O) groups excluding carboxylic acids is 1. The quantitative estimate of drug-likeness (QED) is 0.835. The molecular formula is C19H25ClN2O2. The van der Waals surface area contributed by atoms with Gasteiger partial charge in [-0.05, 0) is 23.6 Å². The van der Waals surface area contributed by atoms with Crippen LogP contribution >= 0.6 is 12.4 Å². The van der Waals surface area contributed by atoms with Gasteiger partial charge in [0, 0.05) is 26.1 Å². The zero-order valence-electron chi connectivity index (χ0n) is 14.1. The van der Waals surface area contributed by atoms with E-state index in [2.05, 4.69) is 0 Å². The largest absolute Gasteiger partial charge is 0.496 e. The highest BCUT2D eigenvalue weighted by Crippen LogP contribution is 2.18. The first-order valence-corrected chi connectivity index (χ1v) is 7.78. The highest BCUT2D eigenvalue weighted by molar-refractivity contribution is 5.85. The smallest absolute Gasteiger partial charge is 0.224 e. The molecule has 130 valence electrons. The molecule has 0 aromatic heterocycles. The van der Waals surface area contributed by atoms with Gasteiger partial charge in [0.15, 0.2) is 0 Å². The van der Waals surface area contributed by atoms with Crippen LogP contribution in [-0.2, 0) is 11.2 Å². The second-order valence-electron chi connectivity index (χ2n) is 5.60. The molecule has 2 N–H and O–H groups in total. The zero-order valence-corrected chi connectivity index (χ0v) is 15.0. The first-order valence-electron chi connectivity index (χ1n) is 7.78. The van der Waals surface area contributed by atoms with Gasteiger partial charge < -0.3 is 15.4 Å². The minimum atomic E-state index is -0.266. The van der Waals surface area contributed by atoms with Crippen LogP contribution < -0.4 is 10.5 Å². The van der Waals surface area contributed by atoms with E-state index in [0.29, 0.717) is 13.0 Å². The summed E-state index contributed by atoms with van der Waals surface area (Å²) >= 11 is 0. The van der Waals surface area contributed by atoms with Crippen molar-refractivity contribution in [2.45, 2.75) is 18.9 Å². The number of nitrogens with zero attached hydrogens (tertiary/aromatic N) is 1. The number of likely N-dealkylation sites (N-methyl/N-ethyl adjacent to an activating group) is 1. The van der Waals surface area contributed by atoms with E-state index in [1.165, 1.54) is 0 Å². The van der Waals surface area contributed by atoms with Gasteiger partial charge in [-0.1, -0.05) is 48.5 Å². The van der Waals surface area contributed by atoms with Crippen LogP contribution in [0.4, 0.5) is 0 Å². The summed E-state index contributed by atoms with van der Waals surface area (Å²) in [6, 6.07) is 17.3. The summed E-state index contributed by atoms with van der Waals surface area (Å²) < 4.78 is 5.34. The van der Waals surface area contributed by atoms with Crippen molar-refractivity contribution in [3.8, 4) is 5.75 Å². The molecule has 2 aromatic rings. The fourth-order valence-electron chi connectivity index (χ4n) is 2.48. The zero-order chi connectivity index (χ0) is 16.7. The van der Waals surface area contributed by atoms with Crippen molar-refractivity contribution in [2.75, 3.05) is 20.7 Å². The molecule has 0 radical (unpaired) electrons. The second-order valence-corrected chi connectivity index (χ2v) is 5.60. The third kappa shape index (κ3) is 5.55. The van der Waals surface area contributed by atoms with Gasteiger partial charge in [-0.25, -0.2) is 0 Å². The van der Waals surface area contributed by atoms with E-state index >= 15 is 0 Å². The van der Waals surface area contributed by atoms with Crippen LogP contribution in [0.15, 0.2) is 54.6 Å². The average Bonchev–Trinajstić information content (AvgIpc) is 2.60. The Labute approximate surface area is 150 Å². The van der Waals surface area contributed by atoms with Crippen molar-refractivity contribution in [3.63, 3.8) is 0 Å². The van der Waals surface area contributed by atoms with Crippen molar-refractivity contribution in [2.24, 2.45) is 5.73 Å². The Balaban J connectivity index is 0.00000288. The number of rotatable bonds is 7. The van der Waals surface area contributed by atoms with E-state index in [1.54, 1.807) is 12.0 Å². The Hall–Kier alpha value is -2.04. The Morgan fingerprint density at radius 2 is 1.75 bits per heavy atom. The van der Waals surface area contributed by atoms with Crippen molar-refractivity contribution < 1.29 is 9.53 Å². The lowest BCUT2D eigenvalue weighted by atomic mass is 10.0. The molecule has 0 fully saturated rings. The predicted octanol–water partition coefficient (Wildman–Crippen LogP) is 3.21. The monoisotopic (exact) mass is 348 g/mol. The maximum atomic E-state index is 12.3. The molecule has 1 amide bonds. The van der Waals surface area contributed by atoms with Crippen molar-refractivity contribution >= 4 is 18.3 Å². The summed E-state index contributed by atoms with van der Waals surface area (Å²) in [5, 5.41) is 0. The van der Waals surface area contributed by atoms with Gasteiger partial charge in [0.05, 0.1) is 7.11 Å². The molecule has 1 unspecified atom stereocenters. The van der Waals surface area contributed by atoms with Gasteiger partial charge in [0.25, 0.3) is 0 Å². The summed E-state index contributed by atoms with van der Waals surface area (Å²) in [6.45, 7) is 0.640. The molecule has 2 rings (SSSR count). The fraction of sp³-hybridized carbons (Fsp3) is 0.316. The van der Waals surface area contributed by atoms with E-state index in [9.17, 15) is 4.79 Å². The molecule has 0 bridgehead atoms. The van der Waals surface area contributed by atoms with Crippen molar-refractivity contribution in [1.82, 2.24) is 4.90 Å². The summed E-state index contributed by atoms with van der Waals surface area (Å²) in [5.41, 5.74) is 8.20. The second kappa shape index (κ2) is 9.96. The van der Waals surface area contributed by atoms with E-state index in [0.717, 1.165) is 23.3 Å². The van der Waals surface area contributed by atoms with Crippen LogP contribution in [0.5, 0.6) is 5.75 Å². The maximum Gasteiger partial charge on any atom is 0.224 e. The molecule has 5 heteroatoms. The van der Waals surface area contributed by atoms with E-state index in [-0.39, 0.29) is 24.4 Å². The summed E-state index contributed by atoms with van der Waals surface area (Å²) in [5.74, 6) is 0.908. The summed E-state index contributed by atoms with van der Waals surface area (Å²) in [7, 11) is 3.47. The van der Waals surface area contributed by atoms with Gasteiger partial charge >= 0.3 is 0 Å². The average molecular weight is 349 g/mol. The lowest BCUT2D eigenvalue weighted by molar-refractivity contribution is -0.130. The minimum Gasteiger partial charge on any atom is -0.496 e. The van der Waals surface area contributed by atoms with E-state index in [4.69, 9.17) is 10.5 Å².